The Morgan fingerprint density at radius 3 is 2.28 bits per heavy atom. The lowest BCUT2D eigenvalue weighted by molar-refractivity contribution is -0.211. The fourth-order valence-electron chi connectivity index (χ4n) is 2.98. The van der Waals surface area contributed by atoms with Crippen LogP contribution < -0.4 is 0 Å². The first kappa shape index (κ1) is 14.3. The molecule has 2 rings (SSSR count). The van der Waals surface area contributed by atoms with Gasteiger partial charge in [-0.1, -0.05) is 13.8 Å². The maximum absolute atomic E-state index is 9.47. The van der Waals surface area contributed by atoms with Gasteiger partial charge in [0.05, 0.1) is 17.8 Å². The molecule has 1 heterocycles. The lowest BCUT2D eigenvalue weighted by Crippen LogP contribution is -2.38. The summed E-state index contributed by atoms with van der Waals surface area (Å²) in [6.07, 6.45) is 6.18. The van der Waals surface area contributed by atoms with E-state index in [4.69, 9.17) is 9.47 Å². The van der Waals surface area contributed by atoms with Crippen LogP contribution in [0.3, 0.4) is 0 Å². The lowest BCUT2D eigenvalue weighted by Gasteiger charge is -2.41. The van der Waals surface area contributed by atoms with Crippen molar-refractivity contribution in [3.63, 3.8) is 0 Å². The molecule has 0 radical (unpaired) electrons. The molecule has 1 spiro atoms. The van der Waals surface area contributed by atoms with Crippen molar-refractivity contribution in [2.24, 2.45) is 5.41 Å². The standard InChI is InChI=1S/C15H28O3/c1-11(16)12(2)17-13-5-6-15(18-13)9-7-14(3,4)8-10-15/h11-13,16H,5-10H2,1-4H3. The van der Waals surface area contributed by atoms with Gasteiger partial charge in [-0.15, -0.1) is 0 Å². The smallest absolute Gasteiger partial charge is 0.158 e. The number of aliphatic hydroxyl groups is 1. The molecule has 1 aliphatic heterocycles. The molecule has 0 aromatic rings. The zero-order chi connectivity index (χ0) is 13.4. The van der Waals surface area contributed by atoms with Gasteiger partial charge in [-0.25, -0.2) is 0 Å². The zero-order valence-corrected chi connectivity index (χ0v) is 12.2. The van der Waals surface area contributed by atoms with E-state index in [1.165, 1.54) is 12.8 Å². The minimum absolute atomic E-state index is 0.0681. The van der Waals surface area contributed by atoms with Gasteiger partial charge in [-0.2, -0.15) is 0 Å². The summed E-state index contributed by atoms with van der Waals surface area (Å²) in [7, 11) is 0. The van der Waals surface area contributed by atoms with Crippen LogP contribution in [0.4, 0.5) is 0 Å². The van der Waals surface area contributed by atoms with Crippen molar-refractivity contribution in [3.8, 4) is 0 Å². The highest BCUT2D eigenvalue weighted by molar-refractivity contribution is 4.94. The molecule has 2 fully saturated rings. The van der Waals surface area contributed by atoms with Gasteiger partial charge in [0.25, 0.3) is 0 Å². The van der Waals surface area contributed by atoms with Crippen LogP contribution in [0.1, 0.15) is 66.2 Å². The van der Waals surface area contributed by atoms with Gasteiger partial charge in [-0.05, 0) is 51.4 Å². The quantitative estimate of drug-likeness (QED) is 0.842. The molecule has 18 heavy (non-hydrogen) atoms. The van der Waals surface area contributed by atoms with Crippen molar-refractivity contribution in [1.29, 1.82) is 0 Å². The highest BCUT2D eigenvalue weighted by Gasteiger charge is 2.45. The molecule has 1 saturated heterocycles. The van der Waals surface area contributed by atoms with Crippen LogP contribution in [0, 0.1) is 5.41 Å². The Morgan fingerprint density at radius 2 is 1.72 bits per heavy atom. The monoisotopic (exact) mass is 256 g/mol. The van der Waals surface area contributed by atoms with E-state index >= 15 is 0 Å². The van der Waals surface area contributed by atoms with Crippen LogP contribution in [-0.2, 0) is 9.47 Å². The van der Waals surface area contributed by atoms with E-state index in [9.17, 15) is 5.11 Å². The predicted molar refractivity (Wildman–Crippen MR) is 71.3 cm³/mol. The molecule has 0 aromatic carbocycles. The molecule has 1 aliphatic carbocycles. The molecule has 1 saturated carbocycles. The minimum Gasteiger partial charge on any atom is -0.391 e. The fraction of sp³-hybridized carbons (Fsp3) is 1.00. The molecule has 3 atom stereocenters. The van der Waals surface area contributed by atoms with E-state index in [0.717, 1.165) is 25.7 Å². The van der Waals surface area contributed by atoms with Gasteiger partial charge >= 0.3 is 0 Å². The summed E-state index contributed by atoms with van der Waals surface area (Å²) in [4.78, 5) is 0. The van der Waals surface area contributed by atoms with Crippen LogP contribution >= 0.6 is 0 Å². The van der Waals surface area contributed by atoms with E-state index in [-0.39, 0.29) is 18.0 Å². The number of hydrogen-bond donors (Lipinski definition) is 1. The molecule has 3 heteroatoms. The minimum atomic E-state index is -0.435. The summed E-state index contributed by atoms with van der Waals surface area (Å²) in [6, 6.07) is 0. The van der Waals surface area contributed by atoms with E-state index in [1.54, 1.807) is 6.92 Å². The van der Waals surface area contributed by atoms with Crippen LogP contribution in [-0.4, -0.2) is 29.2 Å². The molecular weight excluding hydrogens is 228 g/mol. The summed E-state index contributed by atoms with van der Waals surface area (Å²) >= 11 is 0. The fourth-order valence-corrected chi connectivity index (χ4v) is 2.98. The summed E-state index contributed by atoms with van der Waals surface area (Å²) in [5.41, 5.74) is 0.541. The van der Waals surface area contributed by atoms with Crippen molar-refractivity contribution >= 4 is 0 Å². The number of hydrogen-bond acceptors (Lipinski definition) is 3. The number of aliphatic hydroxyl groups excluding tert-OH is 1. The van der Waals surface area contributed by atoms with Gasteiger partial charge < -0.3 is 14.6 Å². The molecule has 2 aliphatic rings. The predicted octanol–water partition coefficient (Wildman–Crippen LogP) is 3.25. The van der Waals surface area contributed by atoms with Crippen molar-refractivity contribution in [1.82, 2.24) is 0 Å². The molecule has 0 amide bonds. The summed E-state index contributed by atoms with van der Waals surface area (Å²) in [6.45, 7) is 8.36. The number of rotatable bonds is 3. The maximum atomic E-state index is 9.47. The Morgan fingerprint density at radius 1 is 1.11 bits per heavy atom. The average Bonchev–Trinajstić information content (AvgIpc) is 2.67. The Bertz CT molecular complexity index is 275. The third-order valence-electron chi connectivity index (χ3n) is 4.78. The van der Waals surface area contributed by atoms with Crippen molar-refractivity contribution < 1.29 is 14.6 Å². The summed E-state index contributed by atoms with van der Waals surface area (Å²) < 4.78 is 12.0. The SMILES string of the molecule is CC(O)C(C)OC1CCC2(CCC(C)(C)CC2)O1. The van der Waals surface area contributed by atoms with Gasteiger partial charge in [0.1, 0.15) is 0 Å². The molecule has 0 aromatic heterocycles. The second-order valence-corrected chi connectivity index (χ2v) is 7.02. The molecule has 3 unspecified atom stereocenters. The highest BCUT2D eigenvalue weighted by atomic mass is 16.7. The second-order valence-electron chi connectivity index (χ2n) is 7.02. The van der Waals surface area contributed by atoms with Crippen molar-refractivity contribution in [2.75, 3.05) is 0 Å². The van der Waals surface area contributed by atoms with Crippen LogP contribution in [0.15, 0.2) is 0 Å². The Balaban J connectivity index is 1.85. The number of ether oxygens (including phenoxy) is 2. The van der Waals surface area contributed by atoms with E-state index < -0.39 is 6.10 Å². The van der Waals surface area contributed by atoms with Crippen molar-refractivity contribution in [2.45, 2.75) is 90.3 Å². The first-order valence-electron chi connectivity index (χ1n) is 7.33. The molecule has 0 bridgehead atoms. The molecule has 106 valence electrons. The lowest BCUT2D eigenvalue weighted by atomic mass is 9.70. The van der Waals surface area contributed by atoms with Gasteiger partial charge in [0.15, 0.2) is 6.29 Å². The van der Waals surface area contributed by atoms with Crippen LogP contribution in [0.2, 0.25) is 0 Å². The molecule has 1 N–H and O–H groups in total. The van der Waals surface area contributed by atoms with Crippen LogP contribution in [0.25, 0.3) is 0 Å². The maximum Gasteiger partial charge on any atom is 0.158 e. The first-order valence-corrected chi connectivity index (χ1v) is 7.33. The van der Waals surface area contributed by atoms with Crippen LogP contribution in [0.5, 0.6) is 0 Å². The van der Waals surface area contributed by atoms with Gasteiger partial charge in [0.2, 0.25) is 0 Å². The zero-order valence-electron chi connectivity index (χ0n) is 12.2. The average molecular weight is 256 g/mol. The third-order valence-corrected chi connectivity index (χ3v) is 4.78. The van der Waals surface area contributed by atoms with Gasteiger partial charge in [0, 0.05) is 6.42 Å². The van der Waals surface area contributed by atoms with E-state index in [2.05, 4.69) is 13.8 Å². The molecular formula is C15H28O3. The van der Waals surface area contributed by atoms with E-state index in [0.29, 0.717) is 5.41 Å². The normalized spacial score (nSPS) is 33.5. The summed E-state index contributed by atoms with van der Waals surface area (Å²) in [5.74, 6) is 0. The highest BCUT2D eigenvalue weighted by Crippen LogP contribution is 2.48. The van der Waals surface area contributed by atoms with Crippen molar-refractivity contribution in [3.05, 3.63) is 0 Å². The Labute approximate surface area is 111 Å². The Kier molecular flexibility index (Phi) is 4.05. The van der Waals surface area contributed by atoms with Gasteiger partial charge in [-0.3, -0.25) is 0 Å². The first-order chi connectivity index (χ1) is 8.32. The Hall–Kier alpha value is -0.120. The third kappa shape index (κ3) is 3.25. The second kappa shape index (κ2) is 5.10. The molecule has 3 nitrogen and oxygen atoms in total. The van der Waals surface area contributed by atoms with E-state index in [1.807, 2.05) is 6.92 Å². The summed E-state index contributed by atoms with van der Waals surface area (Å²) in [5, 5.41) is 9.47. The largest absolute Gasteiger partial charge is 0.391 e. The topological polar surface area (TPSA) is 38.7 Å².